The van der Waals surface area contributed by atoms with Crippen LogP contribution in [0.25, 0.3) is 0 Å². The first-order valence-corrected chi connectivity index (χ1v) is 14.5. The second kappa shape index (κ2) is 13.6. The monoisotopic (exact) mass is 528 g/mol. The summed E-state index contributed by atoms with van der Waals surface area (Å²) in [5, 5.41) is 3.16. The van der Waals surface area contributed by atoms with Gasteiger partial charge in [-0.2, -0.15) is 12.7 Å². The van der Waals surface area contributed by atoms with Gasteiger partial charge in [0.2, 0.25) is 11.8 Å². The standard InChI is InChI=1S/C28H40N4O4S/c1-4-26(28(34)29-24-16-10-6-11-17-24)31(21-20-23-14-8-5-9-15-23)27(33)22-32(37(35,36)30(2)3)25-18-12-7-13-19-25/h5,7-9,12-15,18-19,24,26H,4,6,10-11,16-17,20-22H2,1-3H3,(H,29,34)/t26-/m1/s1. The first kappa shape index (κ1) is 28.7. The lowest BCUT2D eigenvalue weighted by Gasteiger charge is -2.35. The Hall–Kier alpha value is -2.91. The van der Waals surface area contributed by atoms with Crippen molar-refractivity contribution in [3.05, 3.63) is 66.2 Å². The van der Waals surface area contributed by atoms with Crippen LogP contribution in [0, 0.1) is 0 Å². The van der Waals surface area contributed by atoms with E-state index in [-0.39, 0.29) is 11.9 Å². The van der Waals surface area contributed by atoms with Crippen LogP contribution in [-0.4, -0.2) is 68.7 Å². The molecule has 0 radical (unpaired) electrons. The molecule has 8 nitrogen and oxygen atoms in total. The Bertz CT molecular complexity index is 1100. The highest BCUT2D eigenvalue weighted by atomic mass is 32.2. The van der Waals surface area contributed by atoms with Crippen molar-refractivity contribution in [2.24, 2.45) is 0 Å². The van der Waals surface area contributed by atoms with Gasteiger partial charge in [0, 0.05) is 26.7 Å². The number of carbonyl (C=O) groups is 2. The first-order chi connectivity index (χ1) is 17.7. The SMILES string of the molecule is CC[C@H](C(=O)NC1CCCCC1)N(CCc1ccccc1)C(=O)CN(c1ccccc1)S(=O)(=O)N(C)C. The predicted molar refractivity (Wildman–Crippen MR) is 147 cm³/mol. The van der Waals surface area contributed by atoms with Crippen LogP contribution in [-0.2, 0) is 26.2 Å². The van der Waals surface area contributed by atoms with E-state index >= 15 is 0 Å². The number of nitrogens with one attached hydrogen (secondary N) is 1. The van der Waals surface area contributed by atoms with E-state index in [1.54, 1.807) is 35.2 Å². The van der Waals surface area contributed by atoms with E-state index < -0.39 is 28.7 Å². The molecule has 1 fully saturated rings. The van der Waals surface area contributed by atoms with E-state index in [2.05, 4.69) is 5.32 Å². The van der Waals surface area contributed by atoms with E-state index in [0.29, 0.717) is 25.1 Å². The van der Waals surface area contributed by atoms with Gasteiger partial charge in [-0.25, -0.2) is 4.31 Å². The third kappa shape index (κ3) is 7.79. The lowest BCUT2D eigenvalue weighted by molar-refractivity contribution is -0.140. The number of anilines is 1. The summed E-state index contributed by atoms with van der Waals surface area (Å²) in [6.45, 7) is 1.80. The van der Waals surface area contributed by atoms with Gasteiger partial charge in [0.05, 0.1) is 5.69 Å². The van der Waals surface area contributed by atoms with Crippen molar-refractivity contribution in [2.45, 2.75) is 64.0 Å². The third-order valence-corrected chi connectivity index (χ3v) is 8.70. The molecule has 9 heteroatoms. The maximum Gasteiger partial charge on any atom is 0.304 e. The smallest absolute Gasteiger partial charge is 0.304 e. The summed E-state index contributed by atoms with van der Waals surface area (Å²) in [6.07, 6.45) is 6.25. The molecule has 2 aromatic rings. The van der Waals surface area contributed by atoms with Gasteiger partial charge in [-0.15, -0.1) is 0 Å². The van der Waals surface area contributed by atoms with Gasteiger partial charge in [0.1, 0.15) is 12.6 Å². The van der Waals surface area contributed by atoms with Gasteiger partial charge in [-0.3, -0.25) is 9.59 Å². The quantitative estimate of drug-likeness (QED) is 0.456. The largest absolute Gasteiger partial charge is 0.352 e. The summed E-state index contributed by atoms with van der Waals surface area (Å²) >= 11 is 0. The van der Waals surface area contributed by atoms with Crippen LogP contribution < -0.4 is 9.62 Å². The lowest BCUT2D eigenvalue weighted by Crippen LogP contribution is -2.55. The number of rotatable bonds is 12. The highest BCUT2D eigenvalue weighted by Crippen LogP contribution is 2.21. The number of hydrogen-bond donors (Lipinski definition) is 1. The molecule has 202 valence electrons. The average Bonchev–Trinajstić information content (AvgIpc) is 2.90. The van der Waals surface area contributed by atoms with Crippen molar-refractivity contribution in [3.8, 4) is 0 Å². The summed E-state index contributed by atoms with van der Waals surface area (Å²) in [7, 11) is -1.06. The lowest BCUT2D eigenvalue weighted by atomic mass is 9.95. The fraction of sp³-hybridized carbons (Fsp3) is 0.500. The molecule has 0 spiro atoms. The molecule has 0 aromatic heterocycles. The van der Waals surface area contributed by atoms with Gasteiger partial charge >= 0.3 is 10.2 Å². The number of hydrogen-bond acceptors (Lipinski definition) is 4. The van der Waals surface area contributed by atoms with Crippen LogP contribution in [0.3, 0.4) is 0 Å². The highest BCUT2D eigenvalue weighted by Gasteiger charge is 2.34. The van der Waals surface area contributed by atoms with Crippen molar-refractivity contribution < 1.29 is 18.0 Å². The summed E-state index contributed by atoms with van der Waals surface area (Å²) < 4.78 is 28.6. The topological polar surface area (TPSA) is 90.0 Å². The Morgan fingerprint density at radius 1 is 0.946 bits per heavy atom. The molecule has 0 heterocycles. The fourth-order valence-electron chi connectivity index (χ4n) is 4.75. The molecule has 0 saturated heterocycles. The summed E-state index contributed by atoms with van der Waals surface area (Å²) in [6, 6.07) is 17.8. The molecule has 2 aromatic carbocycles. The van der Waals surface area contributed by atoms with Gasteiger partial charge < -0.3 is 10.2 Å². The molecular formula is C28H40N4O4S. The van der Waals surface area contributed by atoms with Crippen molar-refractivity contribution in [2.75, 3.05) is 31.5 Å². The molecule has 1 saturated carbocycles. The van der Waals surface area contributed by atoms with Crippen molar-refractivity contribution in [1.29, 1.82) is 0 Å². The van der Waals surface area contributed by atoms with Crippen LogP contribution in [0.5, 0.6) is 0 Å². The first-order valence-electron chi connectivity index (χ1n) is 13.1. The van der Waals surface area contributed by atoms with E-state index in [4.69, 9.17) is 0 Å². The van der Waals surface area contributed by atoms with E-state index in [9.17, 15) is 18.0 Å². The van der Waals surface area contributed by atoms with Crippen LogP contribution in [0.2, 0.25) is 0 Å². The molecule has 1 N–H and O–H groups in total. The van der Waals surface area contributed by atoms with Crippen molar-refractivity contribution >= 4 is 27.7 Å². The molecule has 0 aliphatic heterocycles. The Morgan fingerprint density at radius 3 is 2.11 bits per heavy atom. The number of carbonyl (C=O) groups excluding carboxylic acids is 2. The zero-order chi connectivity index (χ0) is 26.8. The predicted octanol–water partition coefficient (Wildman–Crippen LogP) is 3.60. The molecule has 37 heavy (non-hydrogen) atoms. The maximum atomic E-state index is 13.8. The minimum absolute atomic E-state index is 0.122. The van der Waals surface area contributed by atoms with E-state index in [0.717, 1.165) is 39.9 Å². The summed E-state index contributed by atoms with van der Waals surface area (Å²) in [5.41, 5.74) is 1.44. The Kier molecular flexibility index (Phi) is 10.5. The molecule has 0 bridgehead atoms. The van der Waals surface area contributed by atoms with Gasteiger partial charge in [-0.1, -0.05) is 74.7 Å². The van der Waals surface area contributed by atoms with E-state index in [1.165, 1.54) is 20.5 Å². The van der Waals surface area contributed by atoms with Crippen LogP contribution in [0.15, 0.2) is 60.7 Å². The van der Waals surface area contributed by atoms with Gasteiger partial charge in [0.15, 0.2) is 0 Å². The molecule has 1 aliphatic carbocycles. The molecule has 0 unspecified atom stereocenters. The van der Waals surface area contributed by atoms with Crippen molar-refractivity contribution in [3.63, 3.8) is 0 Å². The second-order valence-corrected chi connectivity index (χ2v) is 11.8. The maximum absolute atomic E-state index is 13.8. The minimum Gasteiger partial charge on any atom is -0.352 e. The zero-order valence-corrected chi connectivity index (χ0v) is 23.0. The second-order valence-electron chi connectivity index (χ2n) is 9.72. The average molecular weight is 529 g/mol. The van der Waals surface area contributed by atoms with Gasteiger partial charge in [0.25, 0.3) is 0 Å². The van der Waals surface area contributed by atoms with Gasteiger partial charge in [-0.05, 0) is 43.4 Å². The zero-order valence-electron chi connectivity index (χ0n) is 22.2. The summed E-state index contributed by atoms with van der Waals surface area (Å²) in [5.74, 6) is -0.576. The molecule has 1 aliphatic rings. The molecule has 1 atom stereocenters. The number of amides is 2. The Labute approximate surface area is 221 Å². The van der Waals surface area contributed by atoms with Crippen molar-refractivity contribution in [1.82, 2.24) is 14.5 Å². The molecular weight excluding hydrogens is 488 g/mol. The third-order valence-electron chi connectivity index (χ3n) is 6.88. The Balaban J connectivity index is 1.88. The fourth-order valence-corrected chi connectivity index (χ4v) is 5.81. The summed E-state index contributed by atoms with van der Waals surface area (Å²) in [4.78, 5) is 28.8. The molecule has 3 rings (SSSR count). The highest BCUT2D eigenvalue weighted by molar-refractivity contribution is 7.90. The van der Waals surface area contributed by atoms with Crippen LogP contribution in [0.1, 0.15) is 51.0 Å². The van der Waals surface area contributed by atoms with Crippen LogP contribution in [0.4, 0.5) is 5.69 Å². The number of nitrogens with zero attached hydrogens (tertiary/aromatic N) is 3. The van der Waals surface area contributed by atoms with Crippen LogP contribution >= 0.6 is 0 Å². The Morgan fingerprint density at radius 2 is 1.54 bits per heavy atom. The number of para-hydroxylation sites is 1. The molecule has 2 amide bonds. The van der Waals surface area contributed by atoms with E-state index in [1.807, 2.05) is 37.3 Å². The normalized spacial score (nSPS) is 15.2. The minimum atomic E-state index is -3.94. The number of benzene rings is 2.